The molecule has 0 aliphatic heterocycles. The van der Waals surface area contributed by atoms with E-state index >= 15 is 0 Å². The molecule has 0 radical (unpaired) electrons. The quantitative estimate of drug-likeness (QED) is 0.836. The van der Waals surface area contributed by atoms with E-state index in [2.05, 4.69) is 32.0 Å². The Morgan fingerprint density at radius 2 is 1.88 bits per heavy atom. The summed E-state index contributed by atoms with van der Waals surface area (Å²) in [6, 6.07) is 7.97. The third kappa shape index (κ3) is 2.15. The van der Waals surface area contributed by atoms with Crippen molar-refractivity contribution in [1.29, 1.82) is 0 Å². The molecule has 2 rings (SSSR count). The van der Waals surface area contributed by atoms with E-state index in [0.717, 1.165) is 11.1 Å². The van der Waals surface area contributed by atoms with Crippen LogP contribution in [0.25, 0.3) is 11.3 Å². The highest BCUT2D eigenvalue weighted by atomic mass is 35.5. The van der Waals surface area contributed by atoms with Gasteiger partial charge in [-0.05, 0) is 11.0 Å². The van der Waals surface area contributed by atoms with Crippen LogP contribution in [0.15, 0.2) is 28.8 Å². The van der Waals surface area contributed by atoms with E-state index in [1.165, 1.54) is 0 Å². The number of hydrogen-bond acceptors (Lipinski definition) is 3. The van der Waals surface area contributed by atoms with Gasteiger partial charge in [-0.15, -0.1) is 0 Å². The largest absolute Gasteiger partial charge is 0.380 e. The monoisotopic (exact) mass is 250 g/mol. The van der Waals surface area contributed by atoms with Crippen LogP contribution in [-0.2, 0) is 5.41 Å². The zero-order valence-electron chi connectivity index (χ0n) is 10.1. The number of anilines is 1. The van der Waals surface area contributed by atoms with Gasteiger partial charge in [0, 0.05) is 5.56 Å². The van der Waals surface area contributed by atoms with Gasteiger partial charge in [0.15, 0.2) is 11.6 Å². The third-order valence-corrected chi connectivity index (χ3v) is 3.00. The lowest BCUT2D eigenvalue weighted by atomic mass is 9.83. The summed E-state index contributed by atoms with van der Waals surface area (Å²) in [6.45, 7) is 6.42. The normalized spacial score (nSPS) is 11.8. The molecule has 2 N–H and O–H groups in total. The molecule has 4 heteroatoms. The van der Waals surface area contributed by atoms with Crippen molar-refractivity contribution in [3.8, 4) is 11.3 Å². The van der Waals surface area contributed by atoms with Crippen molar-refractivity contribution < 1.29 is 4.52 Å². The Kier molecular flexibility index (Phi) is 2.87. The molecule has 1 aromatic heterocycles. The van der Waals surface area contributed by atoms with Crippen LogP contribution in [0.5, 0.6) is 0 Å². The van der Waals surface area contributed by atoms with Crippen molar-refractivity contribution in [2.45, 2.75) is 26.2 Å². The SMILES string of the molecule is CC(C)(C)c1ccccc1-c1onc(N)c1Cl. The van der Waals surface area contributed by atoms with Crippen LogP contribution in [0.3, 0.4) is 0 Å². The highest BCUT2D eigenvalue weighted by Crippen LogP contribution is 2.38. The van der Waals surface area contributed by atoms with Crippen LogP contribution in [-0.4, -0.2) is 5.16 Å². The lowest BCUT2D eigenvalue weighted by Crippen LogP contribution is -2.12. The fourth-order valence-electron chi connectivity index (χ4n) is 1.79. The first kappa shape index (κ1) is 12.0. The number of rotatable bonds is 1. The van der Waals surface area contributed by atoms with E-state index in [0.29, 0.717) is 10.8 Å². The Morgan fingerprint density at radius 3 is 2.41 bits per heavy atom. The Balaban J connectivity index is 2.64. The zero-order chi connectivity index (χ0) is 12.6. The lowest BCUT2D eigenvalue weighted by molar-refractivity contribution is 0.434. The van der Waals surface area contributed by atoms with E-state index in [4.69, 9.17) is 21.9 Å². The summed E-state index contributed by atoms with van der Waals surface area (Å²) in [7, 11) is 0. The maximum atomic E-state index is 6.08. The van der Waals surface area contributed by atoms with Crippen molar-refractivity contribution in [1.82, 2.24) is 5.16 Å². The van der Waals surface area contributed by atoms with Gasteiger partial charge in [0.2, 0.25) is 0 Å². The van der Waals surface area contributed by atoms with Crippen molar-refractivity contribution in [2.75, 3.05) is 5.73 Å². The van der Waals surface area contributed by atoms with Crippen LogP contribution in [0.1, 0.15) is 26.3 Å². The molecule has 1 aromatic carbocycles. The number of nitrogens with two attached hydrogens (primary N) is 1. The fraction of sp³-hybridized carbons (Fsp3) is 0.308. The Bertz CT molecular complexity index is 541. The maximum Gasteiger partial charge on any atom is 0.188 e. The Hall–Kier alpha value is -1.48. The average molecular weight is 251 g/mol. The number of nitrogen functional groups attached to an aromatic ring is 1. The van der Waals surface area contributed by atoms with Crippen molar-refractivity contribution >= 4 is 17.4 Å². The molecule has 0 fully saturated rings. The molecule has 0 bridgehead atoms. The first-order valence-electron chi connectivity index (χ1n) is 5.42. The van der Waals surface area contributed by atoms with Crippen LogP contribution in [0.4, 0.5) is 5.82 Å². The number of halogens is 1. The standard InChI is InChI=1S/C13H15ClN2O/c1-13(2,3)9-7-5-4-6-8(9)11-10(14)12(15)16-17-11/h4-7H,1-3H3,(H2,15,16). The molecule has 0 unspecified atom stereocenters. The molecule has 0 spiro atoms. The van der Waals surface area contributed by atoms with E-state index in [1.807, 2.05) is 18.2 Å². The molecule has 0 atom stereocenters. The molecule has 0 saturated carbocycles. The molecule has 0 saturated heterocycles. The van der Waals surface area contributed by atoms with Gasteiger partial charge in [0.1, 0.15) is 5.02 Å². The predicted octanol–water partition coefficient (Wildman–Crippen LogP) is 3.87. The molecule has 90 valence electrons. The second-order valence-electron chi connectivity index (χ2n) is 5.01. The second kappa shape index (κ2) is 4.08. The summed E-state index contributed by atoms with van der Waals surface area (Å²) in [4.78, 5) is 0. The summed E-state index contributed by atoms with van der Waals surface area (Å²) in [5.74, 6) is 0.764. The molecule has 2 aromatic rings. The van der Waals surface area contributed by atoms with Crippen molar-refractivity contribution in [3.05, 3.63) is 34.9 Å². The topological polar surface area (TPSA) is 52.0 Å². The van der Waals surface area contributed by atoms with Gasteiger partial charge >= 0.3 is 0 Å². The molecule has 0 amide bonds. The smallest absolute Gasteiger partial charge is 0.188 e. The summed E-state index contributed by atoms with van der Waals surface area (Å²) in [5, 5.41) is 4.06. The molecule has 17 heavy (non-hydrogen) atoms. The third-order valence-electron chi connectivity index (χ3n) is 2.64. The number of aromatic nitrogens is 1. The zero-order valence-corrected chi connectivity index (χ0v) is 10.9. The van der Waals surface area contributed by atoms with Crippen molar-refractivity contribution in [3.63, 3.8) is 0 Å². The first-order valence-corrected chi connectivity index (χ1v) is 5.79. The predicted molar refractivity (Wildman–Crippen MR) is 70.1 cm³/mol. The second-order valence-corrected chi connectivity index (χ2v) is 5.38. The summed E-state index contributed by atoms with van der Waals surface area (Å²) < 4.78 is 5.21. The molecule has 0 aliphatic rings. The highest BCUT2D eigenvalue weighted by molar-refractivity contribution is 6.35. The summed E-state index contributed by atoms with van der Waals surface area (Å²) in [5.41, 5.74) is 7.69. The van der Waals surface area contributed by atoms with E-state index in [9.17, 15) is 0 Å². The first-order chi connectivity index (χ1) is 7.91. The van der Waals surface area contributed by atoms with E-state index < -0.39 is 0 Å². The van der Waals surface area contributed by atoms with Gasteiger partial charge in [-0.3, -0.25) is 0 Å². The number of benzene rings is 1. The van der Waals surface area contributed by atoms with Gasteiger partial charge < -0.3 is 10.3 Å². The van der Waals surface area contributed by atoms with Gasteiger partial charge in [-0.25, -0.2) is 0 Å². The van der Waals surface area contributed by atoms with Crippen LogP contribution in [0.2, 0.25) is 5.02 Å². The molecule has 3 nitrogen and oxygen atoms in total. The Morgan fingerprint density at radius 1 is 1.24 bits per heavy atom. The van der Waals surface area contributed by atoms with Crippen LogP contribution < -0.4 is 5.73 Å². The summed E-state index contributed by atoms with van der Waals surface area (Å²) >= 11 is 6.08. The average Bonchev–Trinajstić information content (AvgIpc) is 2.59. The minimum atomic E-state index is 0.00146. The Labute approximate surface area is 106 Å². The van der Waals surface area contributed by atoms with Gasteiger partial charge in [-0.2, -0.15) is 0 Å². The number of hydrogen-bond donors (Lipinski definition) is 1. The van der Waals surface area contributed by atoms with E-state index in [1.54, 1.807) is 0 Å². The highest BCUT2D eigenvalue weighted by Gasteiger charge is 2.22. The van der Waals surface area contributed by atoms with Gasteiger partial charge in [-0.1, -0.05) is 61.8 Å². The van der Waals surface area contributed by atoms with Gasteiger partial charge in [0.05, 0.1) is 0 Å². The fourth-order valence-corrected chi connectivity index (χ4v) is 1.96. The minimum Gasteiger partial charge on any atom is -0.380 e. The maximum absolute atomic E-state index is 6.08. The van der Waals surface area contributed by atoms with Crippen molar-refractivity contribution in [2.24, 2.45) is 0 Å². The molecular weight excluding hydrogens is 236 g/mol. The minimum absolute atomic E-state index is 0.00146. The lowest BCUT2D eigenvalue weighted by Gasteiger charge is -2.21. The molecule has 0 aliphatic carbocycles. The van der Waals surface area contributed by atoms with Crippen LogP contribution >= 0.6 is 11.6 Å². The number of nitrogens with zero attached hydrogens (tertiary/aromatic N) is 1. The van der Waals surface area contributed by atoms with Crippen LogP contribution in [0, 0.1) is 0 Å². The summed E-state index contributed by atoms with van der Waals surface area (Å²) in [6.07, 6.45) is 0. The van der Waals surface area contributed by atoms with E-state index in [-0.39, 0.29) is 11.2 Å². The molecular formula is C13H15ClN2O. The molecule has 1 heterocycles. The van der Waals surface area contributed by atoms with Gasteiger partial charge in [0.25, 0.3) is 0 Å².